The second kappa shape index (κ2) is 6.58. The molecule has 0 aromatic heterocycles. The summed E-state index contributed by atoms with van der Waals surface area (Å²) >= 11 is 0. The number of nitrogens with zero attached hydrogens (tertiary/aromatic N) is 1. The molecule has 0 amide bonds. The second-order valence-electron chi connectivity index (χ2n) is 7.70. The predicted molar refractivity (Wildman–Crippen MR) is 83.5 cm³/mol. The topological polar surface area (TPSA) is 15.3 Å². The predicted octanol–water partition coefficient (Wildman–Crippen LogP) is 3.67. The molecule has 0 spiro atoms. The largest absolute Gasteiger partial charge is 0.312 e. The van der Waals surface area contributed by atoms with E-state index in [1.807, 2.05) is 0 Å². The molecule has 3 unspecified atom stereocenters. The van der Waals surface area contributed by atoms with Gasteiger partial charge in [0.15, 0.2) is 0 Å². The van der Waals surface area contributed by atoms with Gasteiger partial charge in [0.1, 0.15) is 0 Å². The summed E-state index contributed by atoms with van der Waals surface area (Å²) in [6.45, 7) is 13.3. The maximum atomic E-state index is 3.94. The summed E-state index contributed by atoms with van der Waals surface area (Å²) in [6, 6.07) is 1.56. The average Bonchev–Trinajstić information content (AvgIpc) is 2.83. The lowest BCUT2D eigenvalue weighted by molar-refractivity contribution is 0.124. The molecule has 2 fully saturated rings. The van der Waals surface area contributed by atoms with E-state index in [0.717, 1.165) is 18.0 Å². The summed E-state index contributed by atoms with van der Waals surface area (Å²) in [5.41, 5.74) is 0.457. The number of nitrogens with one attached hydrogen (secondary N) is 1. The van der Waals surface area contributed by atoms with E-state index in [2.05, 4.69) is 37.9 Å². The maximum Gasteiger partial charge on any atom is 0.0221 e. The van der Waals surface area contributed by atoms with E-state index in [1.54, 1.807) is 0 Å². The molecule has 1 N–H and O–H groups in total. The molecular formula is C17H34N2. The van der Waals surface area contributed by atoms with Crippen molar-refractivity contribution in [3.05, 3.63) is 0 Å². The minimum atomic E-state index is 0.457. The Labute approximate surface area is 120 Å². The molecule has 1 saturated carbocycles. The van der Waals surface area contributed by atoms with Crippen LogP contribution in [0, 0.1) is 11.3 Å². The van der Waals surface area contributed by atoms with Gasteiger partial charge in [0.2, 0.25) is 0 Å². The van der Waals surface area contributed by atoms with E-state index >= 15 is 0 Å². The molecular weight excluding hydrogens is 232 g/mol. The fourth-order valence-corrected chi connectivity index (χ4v) is 4.24. The zero-order chi connectivity index (χ0) is 13.9. The van der Waals surface area contributed by atoms with E-state index in [0.29, 0.717) is 5.41 Å². The first kappa shape index (κ1) is 15.3. The Kier molecular flexibility index (Phi) is 5.30. The lowest BCUT2D eigenvalue weighted by Gasteiger charge is -2.41. The van der Waals surface area contributed by atoms with Gasteiger partial charge in [-0.25, -0.2) is 0 Å². The molecule has 112 valence electrons. The van der Waals surface area contributed by atoms with Crippen LogP contribution in [0.3, 0.4) is 0 Å². The molecule has 2 aliphatic rings. The van der Waals surface area contributed by atoms with Crippen molar-refractivity contribution < 1.29 is 0 Å². The molecule has 0 bridgehead atoms. The van der Waals surface area contributed by atoms with E-state index in [9.17, 15) is 0 Å². The van der Waals surface area contributed by atoms with Crippen LogP contribution in [-0.4, -0.2) is 36.6 Å². The van der Waals surface area contributed by atoms with Gasteiger partial charge in [0.25, 0.3) is 0 Å². The summed E-state index contributed by atoms with van der Waals surface area (Å²) in [4.78, 5) is 2.65. The molecule has 1 aliphatic carbocycles. The quantitative estimate of drug-likeness (QED) is 0.835. The molecule has 2 rings (SSSR count). The molecule has 0 aromatic carbocycles. The van der Waals surface area contributed by atoms with Gasteiger partial charge < -0.3 is 5.32 Å². The normalized spacial score (nSPS) is 33.8. The van der Waals surface area contributed by atoms with Crippen molar-refractivity contribution in [2.24, 2.45) is 11.3 Å². The standard InChI is InChI=1S/C17H34N2/c1-5-19-12-8-9-14(19)13-18-16-11-7-6-10-15(16)17(2,3)4/h14-16,18H,5-13H2,1-4H3. The van der Waals surface area contributed by atoms with E-state index < -0.39 is 0 Å². The number of rotatable bonds is 4. The van der Waals surface area contributed by atoms with E-state index in [-0.39, 0.29) is 0 Å². The lowest BCUT2D eigenvalue weighted by Crippen LogP contribution is -2.48. The van der Waals surface area contributed by atoms with Crippen LogP contribution >= 0.6 is 0 Å². The van der Waals surface area contributed by atoms with Gasteiger partial charge in [0.05, 0.1) is 0 Å². The van der Waals surface area contributed by atoms with Gasteiger partial charge in [0, 0.05) is 18.6 Å². The third kappa shape index (κ3) is 3.95. The molecule has 1 aliphatic heterocycles. The van der Waals surface area contributed by atoms with E-state index in [1.165, 1.54) is 58.2 Å². The molecule has 3 atom stereocenters. The highest BCUT2D eigenvalue weighted by atomic mass is 15.2. The highest BCUT2D eigenvalue weighted by molar-refractivity contribution is 4.90. The Morgan fingerprint density at radius 1 is 1.05 bits per heavy atom. The van der Waals surface area contributed by atoms with Gasteiger partial charge in [-0.2, -0.15) is 0 Å². The number of hydrogen-bond donors (Lipinski definition) is 1. The zero-order valence-corrected chi connectivity index (χ0v) is 13.5. The van der Waals surface area contributed by atoms with Gasteiger partial charge in [-0.15, -0.1) is 0 Å². The Bertz CT molecular complexity index is 269. The smallest absolute Gasteiger partial charge is 0.0221 e. The van der Waals surface area contributed by atoms with Crippen LogP contribution in [0.4, 0.5) is 0 Å². The molecule has 1 saturated heterocycles. The summed E-state index contributed by atoms with van der Waals surface area (Å²) in [6.07, 6.45) is 8.46. The first-order valence-electron chi connectivity index (χ1n) is 8.49. The monoisotopic (exact) mass is 266 g/mol. The first-order chi connectivity index (χ1) is 9.02. The van der Waals surface area contributed by atoms with Gasteiger partial charge in [-0.05, 0) is 50.1 Å². The minimum absolute atomic E-state index is 0.457. The zero-order valence-electron chi connectivity index (χ0n) is 13.5. The molecule has 19 heavy (non-hydrogen) atoms. The maximum absolute atomic E-state index is 3.94. The van der Waals surface area contributed by atoms with Crippen molar-refractivity contribution in [2.45, 2.75) is 78.3 Å². The second-order valence-corrected chi connectivity index (χ2v) is 7.70. The molecule has 2 heteroatoms. The number of likely N-dealkylation sites (N-methyl/N-ethyl adjacent to an activating group) is 1. The van der Waals surface area contributed by atoms with E-state index in [4.69, 9.17) is 0 Å². The average molecular weight is 266 g/mol. The van der Waals surface area contributed by atoms with Crippen molar-refractivity contribution in [1.82, 2.24) is 10.2 Å². The van der Waals surface area contributed by atoms with Gasteiger partial charge in [-0.3, -0.25) is 4.90 Å². The number of hydrogen-bond acceptors (Lipinski definition) is 2. The van der Waals surface area contributed by atoms with Crippen molar-refractivity contribution in [2.75, 3.05) is 19.6 Å². The fourth-order valence-electron chi connectivity index (χ4n) is 4.24. The third-order valence-corrected chi connectivity index (χ3v) is 5.40. The van der Waals surface area contributed by atoms with Crippen molar-refractivity contribution >= 4 is 0 Å². The van der Waals surface area contributed by atoms with Crippen LogP contribution < -0.4 is 5.32 Å². The highest BCUT2D eigenvalue weighted by Crippen LogP contribution is 2.38. The highest BCUT2D eigenvalue weighted by Gasteiger charge is 2.34. The minimum Gasteiger partial charge on any atom is -0.312 e. The summed E-state index contributed by atoms with van der Waals surface area (Å²) in [5, 5.41) is 3.94. The molecule has 0 radical (unpaired) electrons. The van der Waals surface area contributed by atoms with Crippen LogP contribution in [0.5, 0.6) is 0 Å². The van der Waals surface area contributed by atoms with Crippen molar-refractivity contribution in [1.29, 1.82) is 0 Å². The molecule has 0 aromatic rings. The van der Waals surface area contributed by atoms with Crippen molar-refractivity contribution in [3.63, 3.8) is 0 Å². The SMILES string of the molecule is CCN1CCCC1CNC1CCCCC1C(C)(C)C. The Balaban J connectivity index is 1.86. The fraction of sp³-hybridized carbons (Fsp3) is 1.00. The van der Waals surface area contributed by atoms with Crippen LogP contribution in [0.2, 0.25) is 0 Å². The van der Waals surface area contributed by atoms with Crippen molar-refractivity contribution in [3.8, 4) is 0 Å². The molecule has 1 heterocycles. The lowest BCUT2D eigenvalue weighted by atomic mass is 9.69. The Morgan fingerprint density at radius 3 is 2.47 bits per heavy atom. The molecule has 2 nitrogen and oxygen atoms in total. The van der Waals surface area contributed by atoms with Crippen LogP contribution in [0.15, 0.2) is 0 Å². The summed E-state index contributed by atoms with van der Waals surface area (Å²) in [5.74, 6) is 0.859. The number of likely N-dealkylation sites (tertiary alicyclic amines) is 1. The Morgan fingerprint density at radius 2 is 1.79 bits per heavy atom. The summed E-state index contributed by atoms with van der Waals surface area (Å²) < 4.78 is 0. The van der Waals surface area contributed by atoms with Gasteiger partial charge >= 0.3 is 0 Å². The summed E-state index contributed by atoms with van der Waals surface area (Å²) in [7, 11) is 0. The third-order valence-electron chi connectivity index (χ3n) is 5.40. The Hall–Kier alpha value is -0.0800. The van der Waals surface area contributed by atoms with Crippen LogP contribution in [-0.2, 0) is 0 Å². The van der Waals surface area contributed by atoms with Crippen LogP contribution in [0.25, 0.3) is 0 Å². The van der Waals surface area contributed by atoms with Crippen LogP contribution in [0.1, 0.15) is 66.2 Å². The van der Waals surface area contributed by atoms with Gasteiger partial charge in [-0.1, -0.05) is 40.5 Å². The first-order valence-corrected chi connectivity index (χ1v) is 8.49.